The molecule has 108 valence electrons. The number of ether oxygens (including phenoxy) is 1. The Balaban J connectivity index is 2.20. The highest BCUT2D eigenvalue weighted by Crippen LogP contribution is 2.24. The first-order valence-corrected chi connectivity index (χ1v) is 7.55. The molecule has 0 aromatic heterocycles. The SMILES string of the molecule is CC(C)=CCC/C(C)=C/COC(=O)C1CCCCC1. The molecule has 0 atom stereocenters. The predicted molar refractivity (Wildman–Crippen MR) is 80.0 cm³/mol. The number of hydrogen-bond donors (Lipinski definition) is 0. The molecule has 0 radical (unpaired) electrons. The van der Waals surface area contributed by atoms with Crippen molar-refractivity contribution in [1.29, 1.82) is 0 Å². The average molecular weight is 264 g/mol. The van der Waals surface area contributed by atoms with E-state index in [0.29, 0.717) is 6.61 Å². The maximum absolute atomic E-state index is 11.8. The van der Waals surface area contributed by atoms with E-state index in [0.717, 1.165) is 25.7 Å². The van der Waals surface area contributed by atoms with Gasteiger partial charge in [0.25, 0.3) is 0 Å². The van der Waals surface area contributed by atoms with E-state index in [1.807, 2.05) is 6.08 Å². The first kappa shape index (κ1) is 16.0. The third-order valence-electron chi connectivity index (χ3n) is 3.69. The molecular formula is C17H28O2. The van der Waals surface area contributed by atoms with Crippen molar-refractivity contribution in [3.05, 3.63) is 23.3 Å². The van der Waals surface area contributed by atoms with E-state index in [1.54, 1.807) is 0 Å². The molecular weight excluding hydrogens is 236 g/mol. The summed E-state index contributed by atoms with van der Waals surface area (Å²) in [6.45, 7) is 6.78. The van der Waals surface area contributed by atoms with Crippen LogP contribution in [-0.4, -0.2) is 12.6 Å². The molecule has 1 aliphatic rings. The van der Waals surface area contributed by atoms with Gasteiger partial charge in [0.2, 0.25) is 0 Å². The summed E-state index contributed by atoms with van der Waals surface area (Å²) in [6.07, 6.45) is 12.1. The van der Waals surface area contributed by atoms with Gasteiger partial charge in [0, 0.05) is 0 Å². The maximum atomic E-state index is 11.8. The van der Waals surface area contributed by atoms with Gasteiger partial charge in [-0.05, 0) is 52.5 Å². The molecule has 0 bridgehead atoms. The van der Waals surface area contributed by atoms with Crippen LogP contribution in [0.15, 0.2) is 23.3 Å². The number of esters is 1. The lowest BCUT2D eigenvalue weighted by molar-refractivity contribution is -0.148. The van der Waals surface area contributed by atoms with Crippen molar-refractivity contribution in [1.82, 2.24) is 0 Å². The fourth-order valence-corrected chi connectivity index (χ4v) is 2.41. The molecule has 2 nitrogen and oxygen atoms in total. The molecule has 0 aromatic carbocycles. The van der Waals surface area contributed by atoms with Crippen LogP contribution in [0, 0.1) is 5.92 Å². The second-order valence-electron chi connectivity index (χ2n) is 5.84. The monoisotopic (exact) mass is 264 g/mol. The van der Waals surface area contributed by atoms with E-state index < -0.39 is 0 Å². The summed E-state index contributed by atoms with van der Waals surface area (Å²) >= 11 is 0. The zero-order chi connectivity index (χ0) is 14.1. The molecule has 0 aliphatic heterocycles. The Labute approximate surface area is 117 Å². The summed E-state index contributed by atoms with van der Waals surface area (Å²) in [5.74, 6) is 0.168. The van der Waals surface area contributed by atoms with E-state index >= 15 is 0 Å². The minimum absolute atomic E-state index is 0.00745. The van der Waals surface area contributed by atoms with Gasteiger partial charge in [-0.3, -0.25) is 4.79 Å². The fourth-order valence-electron chi connectivity index (χ4n) is 2.41. The van der Waals surface area contributed by atoms with Gasteiger partial charge < -0.3 is 4.74 Å². The van der Waals surface area contributed by atoms with E-state index in [4.69, 9.17) is 4.74 Å². The number of rotatable bonds is 6. The highest BCUT2D eigenvalue weighted by atomic mass is 16.5. The summed E-state index contributed by atoms with van der Waals surface area (Å²) in [7, 11) is 0. The summed E-state index contributed by atoms with van der Waals surface area (Å²) < 4.78 is 5.35. The molecule has 0 N–H and O–H groups in total. The lowest BCUT2D eigenvalue weighted by Gasteiger charge is -2.19. The standard InChI is InChI=1S/C17H28O2/c1-14(2)8-7-9-15(3)12-13-19-17(18)16-10-5-4-6-11-16/h8,12,16H,4-7,9-11,13H2,1-3H3/b15-12+. The normalized spacial score (nSPS) is 17.1. The third kappa shape index (κ3) is 7.19. The third-order valence-corrected chi connectivity index (χ3v) is 3.69. The first-order valence-electron chi connectivity index (χ1n) is 7.55. The van der Waals surface area contributed by atoms with Crippen molar-refractivity contribution in [2.24, 2.45) is 5.92 Å². The average Bonchev–Trinajstić information content (AvgIpc) is 2.39. The summed E-state index contributed by atoms with van der Waals surface area (Å²) in [5, 5.41) is 0. The second kappa shape index (κ2) is 8.95. The van der Waals surface area contributed by atoms with E-state index in [9.17, 15) is 4.79 Å². The minimum atomic E-state index is 0.00745. The van der Waals surface area contributed by atoms with E-state index in [1.165, 1.54) is 30.4 Å². The van der Waals surface area contributed by atoms with Crippen LogP contribution in [0.5, 0.6) is 0 Å². The maximum Gasteiger partial charge on any atom is 0.309 e. The predicted octanol–water partition coefficient (Wildman–Crippen LogP) is 4.80. The van der Waals surface area contributed by atoms with Crippen molar-refractivity contribution in [3.8, 4) is 0 Å². The lowest BCUT2D eigenvalue weighted by Crippen LogP contribution is -2.20. The molecule has 1 rings (SSSR count). The molecule has 0 spiro atoms. The molecule has 0 aromatic rings. The quantitative estimate of drug-likeness (QED) is 0.508. The molecule has 0 saturated heterocycles. The zero-order valence-electron chi connectivity index (χ0n) is 12.7. The van der Waals surface area contributed by atoms with Gasteiger partial charge in [0.05, 0.1) is 5.92 Å². The Kier molecular flexibility index (Phi) is 7.54. The van der Waals surface area contributed by atoms with Crippen LogP contribution in [0.25, 0.3) is 0 Å². The Morgan fingerprint density at radius 3 is 2.42 bits per heavy atom. The molecule has 1 aliphatic carbocycles. The molecule has 0 unspecified atom stereocenters. The molecule has 0 amide bonds. The van der Waals surface area contributed by atoms with Crippen LogP contribution < -0.4 is 0 Å². The number of allylic oxidation sites excluding steroid dienone is 3. The van der Waals surface area contributed by atoms with Gasteiger partial charge in [0.15, 0.2) is 0 Å². The largest absolute Gasteiger partial charge is 0.461 e. The Bertz CT molecular complexity index is 329. The molecule has 2 heteroatoms. The molecule has 0 heterocycles. The van der Waals surface area contributed by atoms with Gasteiger partial charge in [0.1, 0.15) is 6.61 Å². The van der Waals surface area contributed by atoms with Crippen LogP contribution in [0.1, 0.15) is 65.7 Å². The van der Waals surface area contributed by atoms with Crippen molar-refractivity contribution in [2.45, 2.75) is 65.7 Å². The highest BCUT2D eigenvalue weighted by molar-refractivity contribution is 5.72. The molecule has 19 heavy (non-hydrogen) atoms. The lowest BCUT2D eigenvalue weighted by atomic mass is 9.89. The highest BCUT2D eigenvalue weighted by Gasteiger charge is 2.21. The van der Waals surface area contributed by atoms with Gasteiger partial charge in [-0.1, -0.05) is 36.5 Å². The molecule has 1 saturated carbocycles. The second-order valence-corrected chi connectivity index (χ2v) is 5.84. The number of carbonyl (C=O) groups excluding carboxylic acids is 1. The van der Waals surface area contributed by atoms with Crippen molar-refractivity contribution >= 4 is 5.97 Å². The zero-order valence-corrected chi connectivity index (χ0v) is 12.7. The first-order chi connectivity index (χ1) is 9.09. The molecule has 1 fully saturated rings. The van der Waals surface area contributed by atoms with Gasteiger partial charge in [-0.25, -0.2) is 0 Å². The van der Waals surface area contributed by atoms with Crippen LogP contribution >= 0.6 is 0 Å². The minimum Gasteiger partial charge on any atom is -0.461 e. The van der Waals surface area contributed by atoms with Gasteiger partial charge in [-0.2, -0.15) is 0 Å². The summed E-state index contributed by atoms with van der Waals surface area (Å²) in [4.78, 5) is 11.8. The Hall–Kier alpha value is -1.05. The fraction of sp³-hybridized carbons (Fsp3) is 0.706. The number of carbonyl (C=O) groups is 1. The van der Waals surface area contributed by atoms with Crippen LogP contribution in [0.4, 0.5) is 0 Å². The number of hydrogen-bond acceptors (Lipinski definition) is 2. The summed E-state index contributed by atoms with van der Waals surface area (Å²) in [6, 6.07) is 0. The topological polar surface area (TPSA) is 26.3 Å². The van der Waals surface area contributed by atoms with E-state index in [2.05, 4.69) is 26.8 Å². The van der Waals surface area contributed by atoms with E-state index in [-0.39, 0.29) is 11.9 Å². The van der Waals surface area contributed by atoms with Gasteiger partial charge in [-0.15, -0.1) is 0 Å². The van der Waals surface area contributed by atoms with Crippen LogP contribution in [0.2, 0.25) is 0 Å². The smallest absolute Gasteiger partial charge is 0.309 e. The van der Waals surface area contributed by atoms with Gasteiger partial charge >= 0.3 is 5.97 Å². The van der Waals surface area contributed by atoms with Crippen molar-refractivity contribution in [3.63, 3.8) is 0 Å². The van der Waals surface area contributed by atoms with Crippen LogP contribution in [0.3, 0.4) is 0 Å². The summed E-state index contributed by atoms with van der Waals surface area (Å²) in [5.41, 5.74) is 2.66. The van der Waals surface area contributed by atoms with Crippen molar-refractivity contribution in [2.75, 3.05) is 6.61 Å². The Morgan fingerprint density at radius 2 is 1.79 bits per heavy atom. The van der Waals surface area contributed by atoms with Crippen LogP contribution in [-0.2, 0) is 9.53 Å². The van der Waals surface area contributed by atoms with Crippen molar-refractivity contribution < 1.29 is 9.53 Å². The Morgan fingerprint density at radius 1 is 1.11 bits per heavy atom.